The molecule has 2 aliphatic rings. The summed E-state index contributed by atoms with van der Waals surface area (Å²) in [7, 11) is 0. The van der Waals surface area contributed by atoms with E-state index in [4.69, 9.17) is 24.7 Å². The van der Waals surface area contributed by atoms with Crippen molar-refractivity contribution in [1.82, 2.24) is 15.1 Å². The topological polar surface area (TPSA) is 110 Å². The molecule has 3 heterocycles. The molecular formula is C29H30N4O5. The van der Waals surface area contributed by atoms with Crippen LogP contribution in [0.2, 0.25) is 0 Å². The molecule has 0 radical (unpaired) electrons. The lowest BCUT2D eigenvalue weighted by Crippen LogP contribution is -2.35. The number of aromatic nitrogens is 2. The van der Waals surface area contributed by atoms with Crippen molar-refractivity contribution in [3.8, 4) is 22.9 Å². The maximum absolute atomic E-state index is 12.7. The average molecular weight is 515 g/mol. The zero-order valence-corrected chi connectivity index (χ0v) is 21.1. The largest absolute Gasteiger partial charge is 0.486 e. The van der Waals surface area contributed by atoms with Crippen molar-refractivity contribution in [1.29, 1.82) is 0 Å². The first kappa shape index (κ1) is 24.3. The van der Waals surface area contributed by atoms with Gasteiger partial charge in [0, 0.05) is 23.6 Å². The SMILES string of the molecule is C[C@H](N)[C@H](Oc1ccc2c(cnn2-c2cccc(C(=O)NC3CCOC3)c2)c1)c1ccc2c(c1)OCCO2. The third kappa shape index (κ3) is 4.90. The van der Waals surface area contributed by atoms with Gasteiger partial charge in [-0.2, -0.15) is 5.10 Å². The summed E-state index contributed by atoms with van der Waals surface area (Å²) >= 11 is 0. The molecular weight excluding hydrogens is 484 g/mol. The summed E-state index contributed by atoms with van der Waals surface area (Å²) in [6.45, 7) is 4.21. The second-order valence-electron chi connectivity index (χ2n) is 9.66. The Balaban J connectivity index is 1.23. The Labute approximate surface area is 220 Å². The van der Waals surface area contributed by atoms with Gasteiger partial charge in [-0.3, -0.25) is 4.79 Å². The van der Waals surface area contributed by atoms with E-state index in [0.717, 1.165) is 34.3 Å². The Hall–Kier alpha value is -4.08. The quantitative estimate of drug-likeness (QED) is 0.386. The van der Waals surface area contributed by atoms with Crippen LogP contribution in [0.4, 0.5) is 0 Å². The van der Waals surface area contributed by atoms with E-state index in [0.29, 0.717) is 43.5 Å². The van der Waals surface area contributed by atoms with Crippen LogP contribution in [0.5, 0.6) is 17.2 Å². The van der Waals surface area contributed by atoms with E-state index in [1.165, 1.54) is 0 Å². The second-order valence-corrected chi connectivity index (χ2v) is 9.66. The fourth-order valence-electron chi connectivity index (χ4n) is 4.85. The lowest BCUT2D eigenvalue weighted by atomic mass is 10.0. The average Bonchev–Trinajstić information content (AvgIpc) is 3.61. The summed E-state index contributed by atoms with van der Waals surface area (Å²) in [5.41, 5.74) is 9.52. The molecule has 196 valence electrons. The number of nitrogens with zero attached hydrogens (tertiary/aromatic N) is 2. The van der Waals surface area contributed by atoms with Crippen molar-refractivity contribution < 1.29 is 23.7 Å². The van der Waals surface area contributed by atoms with Crippen LogP contribution >= 0.6 is 0 Å². The van der Waals surface area contributed by atoms with Gasteiger partial charge in [-0.05, 0) is 67.4 Å². The van der Waals surface area contributed by atoms with Crippen LogP contribution in [0.3, 0.4) is 0 Å². The Bertz CT molecular complexity index is 1460. The highest BCUT2D eigenvalue weighted by molar-refractivity contribution is 5.95. The number of carbonyl (C=O) groups is 1. The van der Waals surface area contributed by atoms with E-state index < -0.39 is 0 Å². The second kappa shape index (κ2) is 10.4. The number of nitrogens with two attached hydrogens (primary N) is 1. The number of fused-ring (bicyclic) bond motifs is 2. The van der Waals surface area contributed by atoms with E-state index in [1.807, 2.05) is 66.2 Å². The van der Waals surface area contributed by atoms with Crippen molar-refractivity contribution in [2.75, 3.05) is 26.4 Å². The van der Waals surface area contributed by atoms with Crippen LogP contribution in [0.1, 0.15) is 35.4 Å². The van der Waals surface area contributed by atoms with Crippen molar-refractivity contribution in [2.45, 2.75) is 31.5 Å². The van der Waals surface area contributed by atoms with Crippen LogP contribution in [-0.2, 0) is 4.74 Å². The lowest BCUT2D eigenvalue weighted by molar-refractivity contribution is 0.0930. The number of ether oxygens (including phenoxy) is 4. The molecule has 0 bridgehead atoms. The zero-order chi connectivity index (χ0) is 26.1. The minimum absolute atomic E-state index is 0.0531. The van der Waals surface area contributed by atoms with Crippen molar-refractivity contribution in [3.05, 3.63) is 78.0 Å². The highest BCUT2D eigenvalue weighted by atomic mass is 16.6. The molecule has 1 amide bonds. The van der Waals surface area contributed by atoms with Crippen LogP contribution < -0.4 is 25.3 Å². The van der Waals surface area contributed by atoms with Crippen molar-refractivity contribution >= 4 is 16.8 Å². The van der Waals surface area contributed by atoms with Crippen LogP contribution in [-0.4, -0.2) is 54.2 Å². The van der Waals surface area contributed by atoms with E-state index in [2.05, 4.69) is 10.4 Å². The van der Waals surface area contributed by atoms with Crippen LogP contribution in [0.25, 0.3) is 16.6 Å². The molecule has 38 heavy (non-hydrogen) atoms. The Kier molecular flexibility index (Phi) is 6.61. The van der Waals surface area contributed by atoms with E-state index >= 15 is 0 Å². The Morgan fingerprint density at radius 2 is 1.95 bits per heavy atom. The van der Waals surface area contributed by atoms with Gasteiger partial charge in [0.25, 0.3) is 5.91 Å². The highest BCUT2D eigenvalue weighted by Gasteiger charge is 2.23. The van der Waals surface area contributed by atoms with Gasteiger partial charge < -0.3 is 30.0 Å². The fraction of sp³-hybridized carbons (Fsp3) is 0.310. The summed E-state index contributed by atoms with van der Waals surface area (Å²) in [4.78, 5) is 12.7. The predicted molar refractivity (Wildman–Crippen MR) is 142 cm³/mol. The summed E-state index contributed by atoms with van der Waals surface area (Å²) in [5.74, 6) is 2.00. The lowest BCUT2D eigenvalue weighted by Gasteiger charge is -2.25. The maximum Gasteiger partial charge on any atom is 0.251 e. The number of nitrogens with one attached hydrogen (secondary N) is 1. The highest BCUT2D eigenvalue weighted by Crippen LogP contribution is 2.35. The number of carbonyl (C=O) groups excluding carboxylic acids is 1. The molecule has 3 N–H and O–H groups in total. The van der Waals surface area contributed by atoms with Crippen LogP contribution in [0, 0.1) is 0 Å². The molecule has 1 aromatic heterocycles. The number of hydrogen-bond acceptors (Lipinski definition) is 7. The van der Waals surface area contributed by atoms with E-state index in [1.54, 1.807) is 12.3 Å². The normalized spacial score (nSPS) is 18.2. The van der Waals surface area contributed by atoms with Gasteiger partial charge in [0.2, 0.25) is 0 Å². The first-order valence-corrected chi connectivity index (χ1v) is 12.8. The zero-order valence-electron chi connectivity index (χ0n) is 21.1. The summed E-state index contributed by atoms with van der Waals surface area (Å²) in [5, 5.41) is 8.53. The number of benzene rings is 3. The van der Waals surface area contributed by atoms with Gasteiger partial charge in [-0.15, -0.1) is 0 Å². The molecule has 3 atom stereocenters. The Morgan fingerprint density at radius 1 is 1.08 bits per heavy atom. The van der Waals surface area contributed by atoms with Gasteiger partial charge in [0.1, 0.15) is 25.1 Å². The molecule has 6 rings (SSSR count). The van der Waals surface area contributed by atoms with Crippen molar-refractivity contribution in [2.24, 2.45) is 5.73 Å². The number of hydrogen-bond donors (Lipinski definition) is 2. The molecule has 9 heteroatoms. The van der Waals surface area contributed by atoms with Gasteiger partial charge in [0.05, 0.1) is 30.0 Å². The van der Waals surface area contributed by atoms with E-state index in [9.17, 15) is 4.79 Å². The maximum atomic E-state index is 12.7. The van der Waals surface area contributed by atoms with Gasteiger partial charge >= 0.3 is 0 Å². The standard InChI is InChI=1S/C29H30N4O5/c1-18(30)28(19-5-8-26-27(15-19)37-12-11-36-26)38-24-6-7-25-21(14-24)16-31-33(25)23-4-2-3-20(13-23)29(34)32-22-9-10-35-17-22/h2-8,13-16,18,22,28H,9-12,17,30H2,1H3,(H,32,34)/t18-,22?,28-/m0/s1. The van der Waals surface area contributed by atoms with Crippen LogP contribution in [0.15, 0.2) is 66.9 Å². The third-order valence-electron chi connectivity index (χ3n) is 6.79. The van der Waals surface area contributed by atoms with Gasteiger partial charge in [-0.25, -0.2) is 4.68 Å². The number of amides is 1. The summed E-state index contributed by atoms with van der Waals surface area (Å²) in [6.07, 6.45) is 2.24. The van der Waals surface area contributed by atoms with E-state index in [-0.39, 0.29) is 24.1 Å². The molecule has 0 aliphatic carbocycles. The Morgan fingerprint density at radius 3 is 2.76 bits per heavy atom. The molecule has 1 saturated heterocycles. The molecule has 1 unspecified atom stereocenters. The first-order valence-electron chi connectivity index (χ1n) is 12.8. The molecule has 1 fully saturated rings. The van der Waals surface area contributed by atoms with Crippen molar-refractivity contribution in [3.63, 3.8) is 0 Å². The third-order valence-corrected chi connectivity index (χ3v) is 6.79. The minimum atomic E-state index is -0.376. The molecule has 4 aromatic rings. The predicted octanol–water partition coefficient (Wildman–Crippen LogP) is 3.78. The monoisotopic (exact) mass is 514 g/mol. The summed E-state index contributed by atoms with van der Waals surface area (Å²) < 4.78 is 24.9. The fourth-order valence-corrected chi connectivity index (χ4v) is 4.85. The minimum Gasteiger partial charge on any atom is -0.486 e. The molecule has 0 spiro atoms. The molecule has 2 aliphatic heterocycles. The molecule has 3 aromatic carbocycles. The first-order chi connectivity index (χ1) is 18.5. The van der Waals surface area contributed by atoms with Gasteiger partial charge in [-0.1, -0.05) is 12.1 Å². The summed E-state index contributed by atoms with van der Waals surface area (Å²) in [6, 6.07) is 18.8. The smallest absolute Gasteiger partial charge is 0.251 e. The van der Waals surface area contributed by atoms with Gasteiger partial charge in [0.15, 0.2) is 11.5 Å². The number of rotatable bonds is 7. The molecule has 9 nitrogen and oxygen atoms in total. The molecule has 0 saturated carbocycles.